The Hall–Kier alpha value is -1.29. The number of nitrogens with two attached hydrogens (primary N) is 1. The first kappa shape index (κ1) is 12.8. The topological polar surface area (TPSA) is 60.1 Å². The fraction of sp³-hybridized carbons (Fsp3) is 0.583. The third-order valence-electron chi connectivity index (χ3n) is 2.55. The second-order valence-electron chi connectivity index (χ2n) is 5.06. The smallest absolute Gasteiger partial charge is 0.237 e. The summed E-state index contributed by atoms with van der Waals surface area (Å²) in [5.74, 6) is -0.0837. The summed E-state index contributed by atoms with van der Waals surface area (Å²) in [4.78, 5) is 11.7. The van der Waals surface area contributed by atoms with Crippen LogP contribution in [0.2, 0.25) is 0 Å². The van der Waals surface area contributed by atoms with E-state index in [0.29, 0.717) is 6.54 Å². The van der Waals surface area contributed by atoms with Crippen molar-refractivity contribution in [3.05, 3.63) is 24.5 Å². The molecule has 0 unspecified atom stereocenters. The maximum atomic E-state index is 11.7. The Bertz CT molecular complexity index is 325. The van der Waals surface area contributed by atoms with Crippen LogP contribution in [0.25, 0.3) is 0 Å². The van der Waals surface area contributed by atoms with Gasteiger partial charge in [-0.05, 0) is 17.5 Å². The molecule has 0 aliphatic carbocycles. The van der Waals surface area contributed by atoms with Gasteiger partial charge in [0.25, 0.3) is 0 Å². The second kappa shape index (κ2) is 5.16. The second-order valence-corrected chi connectivity index (χ2v) is 5.06. The molecule has 0 spiro atoms. The highest BCUT2D eigenvalue weighted by atomic mass is 16.2. The number of nitrogens with one attached hydrogen (secondary N) is 1. The Morgan fingerprint density at radius 2 is 1.94 bits per heavy atom. The SMILES string of the molecule is CC(C)(C)[C@@H](N)C(=O)NCCn1cccc1. The molecule has 1 aromatic heterocycles. The van der Waals surface area contributed by atoms with E-state index < -0.39 is 6.04 Å². The van der Waals surface area contributed by atoms with E-state index in [-0.39, 0.29) is 11.3 Å². The zero-order chi connectivity index (χ0) is 12.2. The van der Waals surface area contributed by atoms with Crippen LogP contribution < -0.4 is 11.1 Å². The van der Waals surface area contributed by atoms with E-state index in [1.165, 1.54) is 0 Å². The van der Waals surface area contributed by atoms with E-state index in [2.05, 4.69) is 5.32 Å². The molecule has 0 saturated carbocycles. The standard InChI is InChI=1S/C12H21N3O/c1-12(2,3)10(13)11(16)14-6-9-15-7-4-5-8-15/h4-5,7-8,10H,6,9,13H2,1-3H3,(H,14,16)/t10-/m0/s1. The van der Waals surface area contributed by atoms with Crippen LogP contribution in [0.15, 0.2) is 24.5 Å². The summed E-state index contributed by atoms with van der Waals surface area (Å²) < 4.78 is 2.02. The molecule has 0 saturated heterocycles. The lowest BCUT2D eigenvalue weighted by Gasteiger charge is -2.25. The van der Waals surface area contributed by atoms with Crippen molar-refractivity contribution in [2.24, 2.45) is 11.1 Å². The fourth-order valence-corrected chi connectivity index (χ4v) is 1.33. The van der Waals surface area contributed by atoms with Gasteiger partial charge < -0.3 is 15.6 Å². The molecule has 0 aromatic carbocycles. The molecule has 1 atom stereocenters. The lowest BCUT2D eigenvalue weighted by Crippen LogP contribution is -2.49. The summed E-state index contributed by atoms with van der Waals surface area (Å²) in [6.45, 7) is 7.27. The van der Waals surface area contributed by atoms with Gasteiger partial charge in [-0.2, -0.15) is 0 Å². The number of nitrogens with zero attached hydrogens (tertiary/aromatic N) is 1. The number of aromatic nitrogens is 1. The van der Waals surface area contributed by atoms with Crippen molar-refractivity contribution < 1.29 is 4.79 Å². The van der Waals surface area contributed by atoms with Gasteiger partial charge in [-0.25, -0.2) is 0 Å². The maximum absolute atomic E-state index is 11.7. The maximum Gasteiger partial charge on any atom is 0.237 e. The molecule has 0 bridgehead atoms. The van der Waals surface area contributed by atoms with Crippen LogP contribution in [0.1, 0.15) is 20.8 Å². The van der Waals surface area contributed by atoms with Gasteiger partial charge >= 0.3 is 0 Å². The highest BCUT2D eigenvalue weighted by Crippen LogP contribution is 2.16. The Morgan fingerprint density at radius 1 is 1.38 bits per heavy atom. The van der Waals surface area contributed by atoms with Crippen molar-refractivity contribution in [1.29, 1.82) is 0 Å². The van der Waals surface area contributed by atoms with Crippen molar-refractivity contribution in [2.75, 3.05) is 6.54 Å². The molecule has 1 rings (SSSR count). The molecule has 1 amide bonds. The minimum absolute atomic E-state index is 0.0837. The van der Waals surface area contributed by atoms with Crippen LogP contribution in [0.4, 0.5) is 0 Å². The molecule has 0 aliphatic rings. The van der Waals surface area contributed by atoms with E-state index in [0.717, 1.165) is 6.54 Å². The van der Waals surface area contributed by atoms with Crippen LogP contribution >= 0.6 is 0 Å². The average molecular weight is 223 g/mol. The number of hydrogen-bond donors (Lipinski definition) is 2. The van der Waals surface area contributed by atoms with Crippen molar-refractivity contribution in [3.8, 4) is 0 Å². The van der Waals surface area contributed by atoms with E-state index in [4.69, 9.17) is 5.73 Å². The molecule has 3 N–H and O–H groups in total. The Morgan fingerprint density at radius 3 is 2.44 bits per heavy atom. The fourth-order valence-electron chi connectivity index (χ4n) is 1.33. The van der Waals surface area contributed by atoms with Crippen LogP contribution in [0.5, 0.6) is 0 Å². The van der Waals surface area contributed by atoms with Gasteiger partial charge in [0.1, 0.15) is 0 Å². The molecule has 4 nitrogen and oxygen atoms in total. The largest absolute Gasteiger partial charge is 0.353 e. The highest BCUT2D eigenvalue weighted by molar-refractivity contribution is 5.82. The van der Waals surface area contributed by atoms with Crippen LogP contribution in [0, 0.1) is 5.41 Å². The summed E-state index contributed by atoms with van der Waals surface area (Å²) in [6, 6.07) is 3.46. The molecule has 0 fully saturated rings. The number of hydrogen-bond acceptors (Lipinski definition) is 2. The molecular weight excluding hydrogens is 202 g/mol. The van der Waals surface area contributed by atoms with Crippen LogP contribution in [-0.4, -0.2) is 23.1 Å². The molecule has 1 aromatic rings. The van der Waals surface area contributed by atoms with Crippen molar-refractivity contribution >= 4 is 5.91 Å². The first-order valence-corrected chi connectivity index (χ1v) is 5.55. The van der Waals surface area contributed by atoms with Crippen molar-refractivity contribution in [1.82, 2.24) is 9.88 Å². The predicted octanol–water partition coefficient (Wildman–Crippen LogP) is 0.978. The van der Waals surface area contributed by atoms with Crippen molar-refractivity contribution in [2.45, 2.75) is 33.4 Å². The van der Waals surface area contributed by atoms with Gasteiger partial charge in [-0.3, -0.25) is 4.79 Å². The average Bonchev–Trinajstić information content (AvgIpc) is 2.67. The van der Waals surface area contributed by atoms with Gasteiger partial charge in [0, 0.05) is 25.5 Å². The number of carbonyl (C=O) groups excluding carboxylic acids is 1. The minimum atomic E-state index is -0.461. The van der Waals surface area contributed by atoms with Gasteiger partial charge in [-0.1, -0.05) is 20.8 Å². The minimum Gasteiger partial charge on any atom is -0.353 e. The summed E-state index contributed by atoms with van der Waals surface area (Å²) in [5.41, 5.74) is 5.64. The summed E-state index contributed by atoms with van der Waals surface area (Å²) in [7, 11) is 0. The van der Waals surface area contributed by atoms with E-state index in [9.17, 15) is 4.79 Å². The van der Waals surface area contributed by atoms with Crippen LogP contribution in [0.3, 0.4) is 0 Å². The van der Waals surface area contributed by atoms with Gasteiger partial charge in [0.05, 0.1) is 6.04 Å². The van der Waals surface area contributed by atoms with Gasteiger partial charge in [0.15, 0.2) is 0 Å². The molecule has 0 radical (unpaired) electrons. The number of rotatable bonds is 4. The lowest BCUT2D eigenvalue weighted by molar-refractivity contribution is -0.124. The third-order valence-corrected chi connectivity index (χ3v) is 2.55. The Labute approximate surface area is 96.8 Å². The highest BCUT2D eigenvalue weighted by Gasteiger charge is 2.26. The molecule has 1 heterocycles. The summed E-state index contributed by atoms with van der Waals surface area (Å²) in [5, 5.41) is 2.84. The van der Waals surface area contributed by atoms with E-state index in [1.807, 2.05) is 49.9 Å². The molecule has 16 heavy (non-hydrogen) atoms. The van der Waals surface area contributed by atoms with Crippen molar-refractivity contribution in [3.63, 3.8) is 0 Å². The molecule has 90 valence electrons. The first-order chi connectivity index (χ1) is 7.41. The van der Waals surface area contributed by atoms with Gasteiger partial charge in [-0.15, -0.1) is 0 Å². The zero-order valence-electron chi connectivity index (χ0n) is 10.2. The van der Waals surface area contributed by atoms with Gasteiger partial charge in [0.2, 0.25) is 5.91 Å². The first-order valence-electron chi connectivity index (χ1n) is 5.55. The predicted molar refractivity (Wildman–Crippen MR) is 64.9 cm³/mol. The van der Waals surface area contributed by atoms with E-state index >= 15 is 0 Å². The molecule has 4 heteroatoms. The normalized spacial score (nSPS) is 13.5. The molecular formula is C12H21N3O. The number of carbonyl (C=O) groups is 1. The van der Waals surface area contributed by atoms with Crippen LogP contribution in [-0.2, 0) is 11.3 Å². The zero-order valence-corrected chi connectivity index (χ0v) is 10.2. The number of amides is 1. The Balaban J connectivity index is 2.30. The third kappa shape index (κ3) is 3.70. The summed E-state index contributed by atoms with van der Waals surface area (Å²) in [6.07, 6.45) is 3.94. The summed E-state index contributed by atoms with van der Waals surface area (Å²) >= 11 is 0. The lowest BCUT2D eigenvalue weighted by atomic mass is 9.87. The Kier molecular flexibility index (Phi) is 4.12. The quantitative estimate of drug-likeness (QED) is 0.799. The van der Waals surface area contributed by atoms with E-state index in [1.54, 1.807) is 0 Å². The molecule has 0 aliphatic heterocycles. The monoisotopic (exact) mass is 223 g/mol.